The van der Waals surface area contributed by atoms with Gasteiger partial charge < -0.3 is 0 Å². The molecule has 0 spiro atoms. The summed E-state index contributed by atoms with van der Waals surface area (Å²) in [5, 5.41) is -0.427. The van der Waals surface area contributed by atoms with Crippen molar-refractivity contribution in [1.82, 2.24) is 0 Å². The Hall–Kier alpha value is -0.640. The van der Waals surface area contributed by atoms with Crippen LogP contribution in [0.5, 0.6) is 0 Å². The Balaban J connectivity index is 2.73. The highest BCUT2D eigenvalue weighted by molar-refractivity contribution is 9.10. The van der Waals surface area contributed by atoms with Gasteiger partial charge >= 0.3 is 0 Å². The molecule has 5 heteroatoms. The van der Waals surface area contributed by atoms with E-state index in [4.69, 9.17) is 23.2 Å². The van der Waals surface area contributed by atoms with Crippen LogP contribution in [0.3, 0.4) is 0 Å². The van der Waals surface area contributed by atoms with Gasteiger partial charge in [-0.25, -0.2) is 0 Å². The van der Waals surface area contributed by atoms with Crippen molar-refractivity contribution in [3.05, 3.63) is 43.9 Å². The monoisotopic (exact) mass is 304 g/mol. The molecule has 1 aliphatic carbocycles. The first-order valence-electron chi connectivity index (χ1n) is 3.96. The fraction of sp³-hybridized carbons (Fsp3) is 0. The fourth-order valence-electron chi connectivity index (χ4n) is 1.34. The van der Waals surface area contributed by atoms with E-state index in [1.165, 1.54) is 0 Å². The molecule has 0 aromatic heterocycles. The third-order valence-electron chi connectivity index (χ3n) is 2.06. The summed E-state index contributed by atoms with van der Waals surface area (Å²) < 4.78 is 0.713. The second-order valence-corrected chi connectivity index (χ2v) is 4.65. The minimum absolute atomic E-state index is 0.212. The summed E-state index contributed by atoms with van der Waals surface area (Å²) in [5.74, 6) is -0.832. The molecule has 2 nitrogen and oxygen atoms in total. The Morgan fingerprint density at radius 2 is 1.47 bits per heavy atom. The van der Waals surface area contributed by atoms with E-state index >= 15 is 0 Å². The Labute approximate surface area is 104 Å². The Bertz CT molecular complexity index is 520. The number of hydrogen-bond acceptors (Lipinski definition) is 2. The standard InChI is InChI=1S/C10H3BrCl2O2/c11-4-1-2-5-6(3-4)10(15)8(13)7(12)9(5)14/h1-3H. The largest absolute Gasteiger partial charge is 0.288 e. The lowest BCUT2D eigenvalue weighted by atomic mass is 9.95. The van der Waals surface area contributed by atoms with Crippen molar-refractivity contribution >= 4 is 50.7 Å². The van der Waals surface area contributed by atoms with Gasteiger partial charge in [-0.1, -0.05) is 39.1 Å². The van der Waals surface area contributed by atoms with E-state index in [9.17, 15) is 9.59 Å². The van der Waals surface area contributed by atoms with Crippen molar-refractivity contribution in [2.45, 2.75) is 0 Å². The zero-order valence-electron chi connectivity index (χ0n) is 7.18. The van der Waals surface area contributed by atoms with Gasteiger partial charge in [-0.3, -0.25) is 9.59 Å². The second kappa shape index (κ2) is 3.74. The second-order valence-electron chi connectivity index (χ2n) is 2.98. The van der Waals surface area contributed by atoms with Crippen molar-refractivity contribution in [2.75, 3.05) is 0 Å². The van der Waals surface area contributed by atoms with Crippen LogP contribution < -0.4 is 0 Å². The maximum absolute atomic E-state index is 11.7. The molecule has 76 valence electrons. The molecule has 0 N–H and O–H groups in total. The van der Waals surface area contributed by atoms with Gasteiger partial charge in [0.05, 0.1) is 0 Å². The molecule has 0 saturated carbocycles. The summed E-state index contributed by atoms with van der Waals surface area (Å²) in [6, 6.07) is 4.78. The van der Waals surface area contributed by atoms with Gasteiger partial charge in [-0.2, -0.15) is 0 Å². The number of rotatable bonds is 0. The molecule has 0 bridgehead atoms. The predicted molar refractivity (Wildman–Crippen MR) is 61.5 cm³/mol. The summed E-state index contributed by atoms with van der Waals surface area (Å²) >= 11 is 14.5. The number of ketones is 2. The quantitative estimate of drug-likeness (QED) is 0.735. The summed E-state index contributed by atoms with van der Waals surface area (Å²) in [7, 11) is 0. The van der Waals surface area contributed by atoms with Crippen molar-refractivity contribution < 1.29 is 9.59 Å². The van der Waals surface area contributed by atoms with Crippen LogP contribution in [0.25, 0.3) is 0 Å². The maximum Gasteiger partial charge on any atom is 0.206 e. The fourth-order valence-corrected chi connectivity index (χ4v) is 2.07. The van der Waals surface area contributed by atoms with E-state index in [0.717, 1.165) is 0 Å². The van der Waals surface area contributed by atoms with Gasteiger partial charge in [0, 0.05) is 15.6 Å². The molecule has 0 fully saturated rings. The summed E-state index contributed by atoms with van der Waals surface area (Å²) in [6.45, 7) is 0. The average Bonchev–Trinajstić information content (AvgIpc) is 2.23. The minimum atomic E-state index is -0.419. The SMILES string of the molecule is O=C1C(Cl)=C(Cl)C(=O)c2cc(Br)ccc21. The van der Waals surface area contributed by atoms with Gasteiger partial charge in [0.1, 0.15) is 10.1 Å². The molecule has 0 unspecified atom stereocenters. The maximum atomic E-state index is 11.7. The van der Waals surface area contributed by atoms with Crippen LogP contribution >= 0.6 is 39.1 Å². The van der Waals surface area contributed by atoms with Crippen LogP contribution in [0.4, 0.5) is 0 Å². The molecular weight excluding hydrogens is 303 g/mol. The molecule has 1 aromatic rings. The molecule has 1 aliphatic rings. The zero-order valence-corrected chi connectivity index (χ0v) is 10.3. The van der Waals surface area contributed by atoms with Gasteiger partial charge in [-0.15, -0.1) is 0 Å². The third-order valence-corrected chi connectivity index (χ3v) is 3.37. The van der Waals surface area contributed by atoms with E-state index in [-0.39, 0.29) is 21.2 Å². The first-order valence-corrected chi connectivity index (χ1v) is 5.51. The Kier molecular flexibility index (Phi) is 2.71. The van der Waals surface area contributed by atoms with Gasteiger partial charge in [0.2, 0.25) is 11.6 Å². The molecular formula is C10H3BrCl2O2. The van der Waals surface area contributed by atoms with Crippen molar-refractivity contribution in [3.8, 4) is 0 Å². The molecule has 0 amide bonds. The first kappa shape index (κ1) is 10.9. The van der Waals surface area contributed by atoms with Crippen LogP contribution in [-0.4, -0.2) is 11.6 Å². The highest BCUT2D eigenvalue weighted by Crippen LogP contribution is 2.31. The van der Waals surface area contributed by atoms with Crippen LogP contribution in [-0.2, 0) is 0 Å². The van der Waals surface area contributed by atoms with Crippen molar-refractivity contribution in [3.63, 3.8) is 0 Å². The van der Waals surface area contributed by atoms with Crippen LogP contribution in [0.1, 0.15) is 20.7 Å². The van der Waals surface area contributed by atoms with E-state index < -0.39 is 11.6 Å². The van der Waals surface area contributed by atoms with E-state index in [2.05, 4.69) is 15.9 Å². The zero-order chi connectivity index (χ0) is 11.2. The summed E-state index contributed by atoms with van der Waals surface area (Å²) in [6.07, 6.45) is 0. The number of carbonyl (C=O) groups excluding carboxylic acids is 2. The lowest BCUT2D eigenvalue weighted by Crippen LogP contribution is -2.17. The molecule has 0 radical (unpaired) electrons. The van der Waals surface area contributed by atoms with Gasteiger partial charge in [-0.05, 0) is 18.2 Å². The van der Waals surface area contributed by atoms with Gasteiger partial charge in [0.25, 0.3) is 0 Å². The summed E-state index contributed by atoms with van der Waals surface area (Å²) in [4.78, 5) is 23.3. The molecule has 1 aromatic carbocycles. The number of halogens is 3. The number of carbonyl (C=O) groups is 2. The molecule has 2 rings (SSSR count). The number of Topliss-reactive ketones (excluding diaryl/α,β-unsaturated/α-hetero) is 2. The topological polar surface area (TPSA) is 34.1 Å². The van der Waals surface area contributed by atoms with Crippen molar-refractivity contribution in [1.29, 1.82) is 0 Å². The smallest absolute Gasteiger partial charge is 0.206 e. The lowest BCUT2D eigenvalue weighted by molar-refractivity contribution is 0.0987. The average molecular weight is 306 g/mol. The van der Waals surface area contributed by atoms with E-state index in [0.29, 0.717) is 4.47 Å². The molecule has 0 saturated heterocycles. The predicted octanol–water partition coefficient (Wildman–Crippen LogP) is 3.52. The van der Waals surface area contributed by atoms with Crippen LogP contribution in [0.15, 0.2) is 32.7 Å². The van der Waals surface area contributed by atoms with Crippen LogP contribution in [0.2, 0.25) is 0 Å². The van der Waals surface area contributed by atoms with E-state index in [1.807, 2.05) is 0 Å². The Morgan fingerprint density at radius 1 is 0.933 bits per heavy atom. The molecule has 15 heavy (non-hydrogen) atoms. The van der Waals surface area contributed by atoms with E-state index in [1.54, 1.807) is 18.2 Å². The minimum Gasteiger partial charge on any atom is -0.288 e. The highest BCUT2D eigenvalue weighted by atomic mass is 79.9. The third kappa shape index (κ3) is 1.65. The molecule has 0 atom stereocenters. The van der Waals surface area contributed by atoms with Crippen LogP contribution in [0, 0.1) is 0 Å². The number of hydrogen-bond donors (Lipinski definition) is 0. The first-order chi connectivity index (χ1) is 7.02. The molecule has 0 aliphatic heterocycles. The number of benzene rings is 1. The lowest BCUT2D eigenvalue weighted by Gasteiger charge is -2.13. The highest BCUT2D eigenvalue weighted by Gasteiger charge is 2.30. The molecule has 0 heterocycles. The normalized spacial score (nSPS) is 15.7. The number of allylic oxidation sites excluding steroid dienone is 2. The number of fused-ring (bicyclic) bond motifs is 1. The van der Waals surface area contributed by atoms with Crippen molar-refractivity contribution in [2.24, 2.45) is 0 Å². The Morgan fingerprint density at radius 3 is 2.07 bits per heavy atom. The summed E-state index contributed by atoms with van der Waals surface area (Å²) in [5.41, 5.74) is 0.571. The van der Waals surface area contributed by atoms with Gasteiger partial charge in [0.15, 0.2) is 0 Å².